The normalized spacial score (nSPS) is 12.1. The van der Waals surface area contributed by atoms with Gasteiger partial charge in [0.05, 0.1) is 78.0 Å². The Balaban J connectivity index is 1.53. The average molecular weight is 1510 g/mol. The quantitative estimate of drug-likeness (QED) is 0.0376. The maximum Gasteiger partial charge on any atom is 0.119 e. The van der Waals surface area contributed by atoms with E-state index in [2.05, 4.69) is 52.0 Å². The molecule has 0 spiro atoms. The first-order valence-electron chi connectivity index (χ1n) is 49.9. The van der Waals surface area contributed by atoms with Crippen molar-refractivity contribution in [2.75, 3.05) is 66.6 Å². The fraction of sp³-hybridized carbons (Fsp3) is 0.882. The number of azo groups is 1. The monoisotopic (exact) mass is 1510 g/mol. The summed E-state index contributed by atoms with van der Waals surface area (Å²) in [6.45, 7) is 19.3. The van der Waals surface area contributed by atoms with E-state index >= 15 is 0 Å². The Kier molecular flexibility index (Phi) is 76.4. The van der Waals surface area contributed by atoms with Crippen molar-refractivity contribution in [2.45, 2.75) is 516 Å². The minimum Gasteiger partial charge on any atom is -0.494 e. The van der Waals surface area contributed by atoms with E-state index in [9.17, 15) is 0 Å². The Morgan fingerprint density at radius 1 is 0.176 bits per heavy atom. The molecule has 6 heteroatoms. The van der Waals surface area contributed by atoms with Crippen LogP contribution in [0.1, 0.15) is 516 Å². The van der Waals surface area contributed by atoms with Crippen LogP contribution in [0.2, 0.25) is 0 Å². The standard InChI is InChI=1S/C102H194N4O2/c1-7-11-15-19-23-27-31-35-39-43-51-59-67-75-91-105(5,92-76-68-60-52-44-40-36-32-28-24-20-16-12-8-2)95-79-71-63-55-47-49-57-65-73-81-97-107-101-87-83-99(84-88-101)103-104-100-85-89-102(90-86-100)108-98-82-74-66-58-50-48-56-64-72-80-96-106(6,93-77-69-61-53-45-41-37-33-29-25-21-17-13-9-3)94-78-70-62-54-46-42-38-34-30-26-22-18-14-10-4/h83-90H,7-82,91-98H2,1-6H3/q+2. The molecule has 2 aromatic carbocycles. The van der Waals surface area contributed by atoms with E-state index in [-0.39, 0.29) is 0 Å². The molecule has 632 valence electrons. The van der Waals surface area contributed by atoms with Crippen molar-refractivity contribution in [1.29, 1.82) is 0 Å². The van der Waals surface area contributed by atoms with Crippen molar-refractivity contribution in [3.63, 3.8) is 0 Å². The molecule has 0 radical (unpaired) electrons. The second-order valence-corrected chi connectivity index (χ2v) is 35.9. The van der Waals surface area contributed by atoms with E-state index in [4.69, 9.17) is 9.47 Å². The first-order chi connectivity index (χ1) is 53.3. The fourth-order valence-corrected chi connectivity index (χ4v) is 17.2. The third-order valence-electron chi connectivity index (χ3n) is 24.9. The number of unbranched alkanes of at least 4 members (excludes halogenated alkanes) is 70. The Labute approximate surface area is 678 Å². The highest BCUT2D eigenvalue weighted by molar-refractivity contribution is 5.44. The molecule has 0 aliphatic rings. The first kappa shape index (κ1) is 102. The fourth-order valence-electron chi connectivity index (χ4n) is 17.2. The van der Waals surface area contributed by atoms with E-state index in [1.165, 1.54) is 523 Å². The van der Waals surface area contributed by atoms with Gasteiger partial charge in [0.15, 0.2) is 0 Å². The highest BCUT2D eigenvalue weighted by Gasteiger charge is 2.22. The Morgan fingerprint density at radius 2 is 0.306 bits per heavy atom. The Hall–Kier alpha value is -2.44. The van der Waals surface area contributed by atoms with Gasteiger partial charge in [-0.05, 0) is 138 Å². The molecule has 0 heterocycles. The highest BCUT2D eigenvalue weighted by atomic mass is 16.5. The van der Waals surface area contributed by atoms with Gasteiger partial charge in [0.2, 0.25) is 0 Å². The van der Waals surface area contributed by atoms with E-state index in [1.807, 2.05) is 48.5 Å². The van der Waals surface area contributed by atoms with Gasteiger partial charge in [-0.2, -0.15) is 10.2 Å². The molecule has 0 aromatic heterocycles. The zero-order chi connectivity index (χ0) is 77.2. The van der Waals surface area contributed by atoms with Crippen LogP contribution in [-0.2, 0) is 0 Å². The summed E-state index contributed by atoms with van der Waals surface area (Å²) in [5.74, 6) is 1.84. The number of hydrogen-bond acceptors (Lipinski definition) is 4. The van der Waals surface area contributed by atoms with E-state index in [0.717, 1.165) is 48.9 Å². The molecule has 0 atom stereocenters. The van der Waals surface area contributed by atoms with E-state index in [1.54, 1.807) is 0 Å². The summed E-state index contributed by atoms with van der Waals surface area (Å²) in [5.41, 5.74) is 1.68. The van der Waals surface area contributed by atoms with E-state index < -0.39 is 0 Å². The zero-order valence-electron chi connectivity index (χ0n) is 74.6. The van der Waals surface area contributed by atoms with Gasteiger partial charge in [-0.15, -0.1) is 0 Å². The molecule has 0 aliphatic heterocycles. The molecule has 6 nitrogen and oxygen atoms in total. The topological polar surface area (TPSA) is 43.2 Å². The smallest absolute Gasteiger partial charge is 0.119 e. The first-order valence-corrected chi connectivity index (χ1v) is 49.9. The van der Waals surface area contributed by atoms with Gasteiger partial charge in [0.1, 0.15) is 11.5 Å². The predicted octanol–water partition coefficient (Wildman–Crippen LogP) is 35.5. The minimum atomic E-state index is 0.782. The maximum atomic E-state index is 6.13. The zero-order valence-corrected chi connectivity index (χ0v) is 74.6. The molecule has 0 N–H and O–H groups in total. The van der Waals surface area contributed by atoms with Crippen LogP contribution in [0.25, 0.3) is 0 Å². The van der Waals surface area contributed by atoms with Crippen molar-refractivity contribution in [2.24, 2.45) is 10.2 Å². The average Bonchev–Trinajstić information content (AvgIpc) is 0.917. The number of benzene rings is 2. The molecule has 2 rings (SSSR count). The molecular weight excluding hydrogens is 1310 g/mol. The molecule has 108 heavy (non-hydrogen) atoms. The highest BCUT2D eigenvalue weighted by Crippen LogP contribution is 2.27. The van der Waals surface area contributed by atoms with Crippen LogP contribution >= 0.6 is 0 Å². The lowest BCUT2D eigenvalue weighted by Gasteiger charge is -2.35. The van der Waals surface area contributed by atoms with Crippen molar-refractivity contribution in [1.82, 2.24) is 0 Å². The third-order valence-corrected chi connectivity index (χ3v) is 24.9. The van der Waals surface area contributed by atoms with Gasteiger partial charge in [0, 0.05) is 0 Å². The van der Waals surface area contributed by atoms with E-state index in [0.29, 0.717) is 0 Å². The number of rotatable bonds is 90. The summed E-state index contributed by atoms with van der Waals surface area (Å²) in [7, 11) is 5.26. The SMILES string of the molecule is CCCCCCCCCCCCCCCC[N+](C)(CCCCCCCCCCCCCCCC)CCCCCCCCCCCCOc1ccc(N=Nc2ccc(OCCCCCCCCCCCC[N+](C)(CCCCCCCCCCCCCCCC)CCCCCCCCCCCCCCCC)cc2)cc1. The van der Waals surface area contributed by atoms with Crippen molar-refractivity contribution in [3.8, 4) is 11.5 Å². The number of nitrogens with zero attached hydrogens (tertiary/aromatic N) is 4. The number of ether oxygens (including phenoxy) is 2. The van der Waals surface area contributed by atoms with Crippen LogP contribution in [0.4, 0.5) is 11.4 Å². The summed E-state index contributed by atoms with van der Waals surface area (Å²) in [6, 6.07) is 16.2. The van der Waals surface area contributed by atoms with Gasteiger partial charge in [-0.1, -0.05) is 426 Å². The van der Waals surface area contributed by atoms with Gasteiger partial charge in [-0.3, -0.25) is 0 Å². The van der Waals surface area contributed by atoms with Gasteiger partial charge >= 0.3 is 0 Å². The lowest BCUT2D eigenvalue weighted by Crippen LogP contribution is -2.46. The summed E-state index contributed by atoms with van der Waals surface area (Å²) in [4.78, 5) is 0. The van der Waals surface area contributed by atoms with Gasteiger partial charge in [0.25, 0.3) is 0 Å². The van der Waals surface area contributed by atoms with Crippen molar-refractivity contribution >= 4 is 11.4 Å². The summed E-state index contributed by atoms with van der Waals surface area (Å²) >= 11 is 0. The second kappa shape index (κ2) is 81.1. The van der Waals surface area contributed by atoms with Gasteiger partial charge in [-0.25, -0.2) is 0 Å². The van der Waals surface area contributed by atoms with Crippen LogP contribution < -0.4 is 9.47 Å². The van der Waals surface area contributed by atoms with Crippen LogP contribution in [-0.4, -0.2) is 75.5 Å². The van der Waals surface area contributed by atoms with Crippen molar-refractivity contribution < 1.29 is 18.4 Å². The third kappa shape index (κ3) is 70.2. The predicted molar refractivity (Wildman–Crippen MR) is 483 cm³/mol. The Morgan fingerprint density at radius 3 is 0.454 bits per heavy atom. The maximum absolute atomic E-state index is 6.13. The molecule has 0 saturated carbocycles. The van der Waals surface area contributed by atoms with Gasteiger partial charge < -0.3 is 18.4 Å². The summed E-state index contributed by atoms with van der Waals surface area (Å²) in [6.07, 6.45) is 108. The second-order valence-electron chi connectivity index (χ2n) is 35.9. The molecule has 0 unspecified atom stereocenters. The van der Waals surface area contributed by atoms with Crippen LogP contribution in [0.5, 0.6) is 11.5 Å². The minimum absolute atomic E-state index is 0.782. The molecule has 2 aromatic rings. The largest absolute Gasteiger partial charge is 0.494 e. The number of hydrogen-bond donors (Lipinski definition) is 0. The Bertz CT molecular complexity index is 1860. The summed E-state index contributed by atoms with van der Waals surface area (Å²) < 4.78 is 14.9. The molecule has 0 saturated heterocycles. The van der Waals surface area contributed by atoms with Crippen LogP contribution in [0, 0.1) is 0 Å². The van der Waals surface area contributed by atoms with Crippen LogP contribution in [0.3, 0.4) is 0 Å². The van der Waals surface area contributed by atoms with Crippen LogP contribution in [0.15, 0.2) is 58.8 Å². The molecule has 0 amide bonds. The summed E-state index contributed by atoms with van der Waals surface area (Å²) in [5, 5.41) is 9.03. The lowest BCUT2D eigenvalue weighted by atomic mass is 10.0. The molecule has 0 fully saturated rings. The molecule has 0 aliphatic carbocycles. The lowest BCUT2D eigenvalue weighted by molar-refractivity contribution is -0.910. The number of quaternary nitrogens is 2. The van der Waals surface area contributed by atoms with Crippen molar-refractivity contribution in [3.05, 3.63) is 48.5 Å². The molecular formula is C102H194N4O2+2. The molecule has 0 bridgehead atoms.